The van der Waals surface area contributed by atoms with Crippen molar-refractivity contribution in [3.63, 3.8) is 0 Å². The van der Waals surface area contributed by atoms with Crippen LogP contribution in [0, 0.1) is 5.92 Å². The van der Waals surface area contributed by atoms with Gasteiger partial charge in [0.25, 0.3) is 5.56 Å². The molecule has 1 aliphatic heterocycles. The van der Waals surface area contributed by atoms with E-state index in [4.69, 9.17) is 4.52 Å². The summed E-state index contributed by atoms with van der Waals surface area (Å²) in [6.45, 7) is 6.94. The van der Waals surface area contributed by atoms with E-state index in [0.717, 1.165) is 30.5 Å². The van der Waals surface area contributed by atoms with E-state index in [0.29, 0.717) is 36.3 Å². The van der Waals surface area contributed by atoms with Crippen LogP contribution in [-0.2, 0) is 33.6 Å². The van der Waals surface area contributed by atoms with Crippen molar-refractivity contribution < 1.29 is 4.52 Å². The second-order valence-corrected chi connectivity index (χ2v) is 7.67. The van der Waals surface area contributed by atoms with Gasteiger partial charge in [0.15, 0.2) is 5.82 Å². The second-order valence-electron chi connectivity index (χ2n) is 7.67. The molecule has 0 amide bonds. The molecule has 0 bridgehead atoms. The maximum Gasteiger partial charge on any atom is 0.330 e. The molecule has 1 atom stereocenters. The molecule has 0 aromatic carbocycles. The van der Waals surface area contributed by atoms with Crippen LogP contribution in [0.3, 0.4) is 0 Å². The van der Waals surface area contributed by atoms with Crippen LogP contribution in [0.15, 0.2) is 20.3 Å². The molecule has 3 heterocycles. The quantitative estimate of drug-likeness (QED) is 0.728. The van der Waals surface area contributed by atoms with Crippen molar-refractivity contribution in [3.05, 3.63) is 44.3 Å². The average molecular weight is 376 g/mol. The molecular weight excluding hydrogens is 348 g/mol. The van der Waals surface area contributed by atoms with Gasteiger partial charge in [0, 0.05) is 51.4 Å². The van der Waals surface area contributed by atoms with Gasteiger partial charge < -0.3 is 14.4 Å². The SMILES string of the molecule is CC(C)Cc1nc(CN(Cc2cn(C)c(=O)n(C)c2=O)C2CCNC2)no1. The Morgan fingerprint density at radius 1 is 1.33 bits per heavy atom. The Morgan fingerprint density at radius 2 is 2.11 bits per heavy atom. The van der Waals surface area contributed by atoms with Gasteiger partial charge in [-0.15, -0.1) is 0 Å². The summed E-state index contributed by atoms with van der Waals surface area (Å²) in [5, 5.41) is 7.46. The number of nitrogens with zero attached hydrogens (tertiary/aromatic N) is 5. The smallest absolute Gasteiger partial charge is 0.330 e. The van der Waals surface area contributed by atoms with E-state index < -0.39 is 0 Å². The summed E-state index contributed by atoms with van der Waals surface area (Å²) in [5.41, 5.74) is -0.00519. The highest BCUT2D eigenvalue weighted by Gasteiger charge is 2.25. The van der Waals surface area contributed by atoms with E-state index in [1.807, 2.05) is 0 Å². The van der Waals surface area contributed by atoms with E-state index >= 15 is 0 Å². The molecule has 0 radical (unpaired) electrons. The minimum absolute atomic E-state index is 0.261. The lowest BCUT2D eigenvalue weighted by molar-refractivity contribution is 0.181. The van der Waals surface area contributed by atoms with Gasteiger partial charge in [0.05, 0.1) is 6.54 Å². The predicted octanol–water partition coefficient (Wildman–Crippen LogP) is 0.0296. The topological polar surface area (TPSA) is 98.2 Å². The van der Waals surface area contributed by atoms with E-state index in [2.05, 4.69) is 34.2 Å². The van der Waals surface area contributed by atoms with E-state index in [-0.39, 0.29) is 17.3 Å². The van der Waals surface area contributed by atoms with Crippen LogP contribution in [0.2, 0.25) is 0 Å². The van der Waals surface area contributed by atoms with Crippen molar-refractivity contribution in [3.8, 4) is 0 Å². The normalized spacial score (nSPS) is 17.3. The van der Waals surface area contributed by atoms with E-state index in [1.165, 1.54) is 11.6 Å². The molecule has 2 aromatic heterocycles. The molecule has 1 fully saturated rings. The fourth-order valence-electron chi connectivity index (χ4n) is 3.44. The van der Waals surface area contributed by atoms with Crippen LogP contribution < -0.4 is 16.6 Å². The zero-order valence-electron chi connectivity index (χ0n) is 16.4. The average Bonchev–Trinajstić information content (AvgIpc) is 3.28. The monoisotopic (exact) mass is 376 g/mol. The molecule has 27 heavy (non-hydrogen) atoms. The zero-order valence-corrected chi connectivity index (χ0v) is 16.4. The Labute approximate surface area is 158 Å². The molecule has 148 valence electrons. The fraction of sp³-hybridized carbons (Fsp3) is 0.667. The van der Waals surface area contributed by atoms with E-state index in [1.54, 1.807) is 13.2 Å². The van der Waals surface area contributed by atoms with Gasteiger partial charge >= 0.3 is 5.69 Å². The molecule has 1 aliphatic rings. The van der Waals surface area contributed by atoms with Gasteiger partial charge in [0.1, 0.15) is 0 Å². The fourth-order valence-corrected chi connectivity index (χ4v) is 3.44. The number of aromatic nitrogens is 4. The molecule has 9 nitrogen and oxygen atoms in total. The number of hydrogen-bond acceptors (Lipinski definition) is 7. The van der Waals surface area contributed by atoms with Gasteiger partial charge in [-0.2, -0.15) is 4.98 Å². The summed E-state index contributed by atoms with van der Waals surface area (Å²) in [6.07, 6.45) is 3.36. The predicted molar refractivity (Wildman–Crippen MR) is 100 cm³/mol. The maximum atomic E-state index is 12.5. The minimum atomic E-state index is -0.325. The first-order valence-electron chi connectivity index (χ1n) is 9.37. The Hall–Kier alpha value is -2.26. The molecular formula is C18H28N6O3. The van der Waals surface area contributed by atoms with Crippen LogP contribution in [0.1, 0.15) is 37.5 Å². The largest absolute Gasteiger partial charge is 0.339 e. The lowest BCUT2D eigenvalue weighted by atomic mass is 10.1. The van der Waals surface area contributed by atoms with Crippen molar-refractivity contribution in [2.45, 2.75) is 45.8 Å². The third-order valence-corrected chi connectivity index (χ3v) is 4.88. The lowest BCUT2D eigenvalue weighted by Gasteiger charge is -2.27. The molecule has 0 spiro atoms. The van der Waals surface area contributed by atoms with Gasteiger partial charge in [-0.3, -0.25) is 14.3 Å². The van der Waals surface area contributed by atoms with Gasteiger partial charge in [-0.25, -0.2) is 4.79 Å². The first-order valence-corrected chi connectivity index (χ1v) is 9.37. The van der Waals surface area contributed by atoms with Crippen molar-refractivity contribution in [2.24, 2.45) is 20.0 Å². The zero-order chi connectivity index (χ0) is 19.6. The van der Waals surface area contributed by atoms with Crippen LogP contribution >= 0.6 is 0 Å². The molecule has 1 N–H and O–H groups in total. The minimum Gasteiger partial charge on any atom is -0.339 e. The second kappa shape index (κ2) is 8.18. The third kappa shape index (κ3) is 4.54. The molecule has 9 heteroatoms. The Kier molecular flexibility index (Phi) is 5.91. The van der Waals surface area contributed by atoms with Gasteiger partial charge in [0.2, 0.25) is 5.89 Å². The summed E-state index contributed by atoms with van der Waals surface area (Å²) in [4.78, 5) is 31.1. The van der Waals surface area contributed by atoms with Crippen LogP contribution in [0.5, 0.6) is 0 Å². The molecule has 3 rings (SSSR count). The van der Waals surface area contributed by atoms with Gasteiger partial charge in [-0.1, -0.05) is 19.0 Å². The summed E-state index contributed by atoms with van der Waals surface area (Å²) in [6, 6.07) is 0.277. The number of hydrogen-bond donors (Lipinski definition) is 1. The first-order chi connectivity index (χ1) is 12.8. The van der Waals surface area contributed by atoms with Crippen molar-refractivity contribution in [2.75, 3.05) is 13.1 Å². The van der Waals surface area contributed by atoms with Crippen molar-refractivity contribution in [1.82, 2.24) is 29.5 Å². The standard InChI is InChI=1S/C18H28N6O3/c1-12(2)7-16-20-15(21-27-16)11-24(14-5-6-19-8-14)10-13-9-22(3)18(26)23(4)17(13)25/h9,12,14,19H,5-8,10-11H2,1-4H3. The van der Waals surface area contributed by atoms with Crippen molar-refractivity contribution in [1.29, 1.82) is 0 Å². The number of aryl methyl sites for hydroxylation is 1. The highest BCUT2D eigenvalue weighted by Crippen LogP contribution is 2.15. The summed E-state index contributed by atoms with van der Waals surface area (Å²) < 4.78 is 7.94. The summed E-state index contributed by atoms with van der Waals surface area (Å²) in [7, 11) is 3.16. The first kappa shape index (κ1) is 19.5. The molecule has 0 saturated carbocycles. The Bertz CT molecular complexity index is 891. The van der Waals surface area contributed by atoms with Crippen LogP contribution in [-0.4, -0.2) is 43.3 Å². The molecule has 0 aliphatic carbocycles. The summed E-state index contributed by atoms with van der Waals surface area (Å²) in [5.74, 6) is 1.71. The Balaban J connectivity index is 1.83. The van der Waals surface area contributed by atoms with Gasteiger partial charge in [-0.05, 0) is 18.9 Å². The highest BCUT2D eigenvalue weighted by molar-refractivity contribution is 5.06. The highest BCUT2D eigenvalue weighted by atomic mass is 16.5. The van der Waals surface area contributed by atoms with E-state index in [9.17, 15) is 9.59 Å². The van der Waals surface area contributed by atoms with Crippen LogP contribution in [0.4, 0.5) is 0 Å². The lowest BCUT2D eigenvalue weighted by Crippen LogP contribution is -2.42. The number of rotatable bonds is 7. The Morgan fingerprint density at radius 3 is 2.78 bits per heavy atom. The summed E-state index contributed by atoms with van der Waals surface area (Å²) >= 11 is 0. The van der Waals surface area contributed by atoms with Crippen LogP contribution in [0.25, 0.3) is 0 Å². The maximum absolute atomic E-state index is 12.5. The molecule has 2 aromatic rings. The molecule has 1 unspecified atom stereocenters. The number of nitrogens with one attached hydrogen (secondary N) is 1. The third-order valence-electron chi connectivity index (χ3n) is 4.88. The molecule has 1 saturated heterocycles. The van der Waals surface area contributed by atoms with Crippen molar-refractivity contribution >= 4 is 0 Å².